The van der Waals surface area contributed by atoms with Gasteiger partial charge in [-0.1, -0.05) is 42.5 Å². The lowest BCUT2D eigenvalue weighted by Crippen LogP contribution is -2.26. The van der Waals surface area contributed by atoms with Gasteiger partial charge in [-0.3, -0.25) is 4.90 Å². The molecule has 1 aliphatic heterocycles. The molecule has 0 N–H and O–H groups in total. The Morgan fingerprint density at radius 1 is 0.750 bits per heavy atom. The molecule has 0 bridgehead atoms. The molecule has 0 radical (unpaired) electrons. The maximum atomic E-state index is 4.89. The minimum absolute atomic E-state index is 0.818. The SMILES string of the molecule is Brc1cccc(Br)c1N(C1=Nc2ccccc2C1)c1ccccc1. The topological polar surface area (TPSA) is 15.6 Å². The van der Waals surface area contributed by atoms with E-state index in [1.807, 2.05) is 18.2 Å². The second kappa shape index (κ2) is 6.54. The fraction of sp³-hybridized carbons (Fsp3) is 0.0500. The second-order valence-corrected chi connectivity index (χ2v) is 7.28. The zero-order valence-corrected chi connectivity index (χ0v) is 16.0. The summed E-state index contributed by atoms with van der Waals surface area (Å²) in [4.78, 5) is 7.10. The van der Waals surface area contributed by atoms with Crippen LogP contribution in [0.1, 0.15) is 5.56 Å². The Balaban J connectivity index is 1.88. The highest BCUT2D eigenvalue weighted by atomic mass is 79.9. The average Bonchev–Trinajstić information content (AvgIpc) is 3.02. The van der Waals surface area contributed by atoms with Gasteiger partial charge < -0.3 is 0 Å². The minimum Gasteiger partial charge on any atom is -0.296 e. The van der Waals surface area contributed by atoms with Gasteiger partial charge in [0.15, 0.2) is 0 Å². The standard InChI is InChI=1S/C20H14Br2N2/c21-16-10-6-11-17(22)20(16)24(15-8-2-1-3-9-15)19-13-14-7-4-5-12-18(14)23-19/h1-12H,13H2. The van der Waals surface area contributed by atoms with Crippen molar-refractivity contribution in [1.82, 2.24) is 0 Å². The van der Waals surface area contributed by atoms with E-state index in [-0.39, 0.29) is 0 Å². The molecule has 0 spiro atoms. The van der Waals surface area contributed by atoms with Crippen LogP contribution < -0.4 is 4.90 Å². The number of fused-ring (bicyclic) bond motifs is 1. The quantitative estimate of drug-likeness (QED) is 0.435. The van der Waals surface area contributed by atoms with Crippen molar-refractivity contribution in [2.75, 3.05) is 4.90 Å². The normalized spacial score (nSPS) is 12.7. The smallest absolute Gasteiger partial charge is 0.118 e. The van der Waals surface area contributed by atoms with Gasteiger partial charge in [-0.05, 0) is 67.8 Å². The first-order valence-electron chi connectivity index (χ1n) is 7.69. The molecule has 0 aliphatic carbocycles. The maximum Gasteiger partial charge on any atom is 0.118 e. The van der Waals surface area contributed by atoms with Crippen molar-refractivity contribution in [1.29, 1.82) is 0 Å². The minimum atomic E-state index is 0.818. The fourth-order valence-electron chi connectivity index (χ4n) is 2.93. The second-order valence-electron chi connectivity index (χ2n) is 5.57. The predicted molar refractivity (Wildman–Crippen MR) is 108 cm³/mol. The highest BCUT2D eigenvalue weighted by Crippen LogP contribution is 2.41. The van der Waals surface area contributed by atoms with E-state index in [9.17, 15) is 0 Å². The molecule has 4 heteroatoms. The first-order valence-corrected chi connectivity index (χ1v) is 9.27. The monoisotopic (exact) mass is 440 g/mol. The van der Waals surface area contributed by atoms with Gasteiger partial charge in [0.05, 0.1) is 11.4 Å². The number of nitrogens with zero attached hydrogens (tertiary/aromatic N) is 2. The van der Waals surface area contributed by atoms with Crippen LogP contribution in [0.15, 0.2) is 86.7 Å². The Labute approximate surface area is 158 Å². The molecule has 1 heterocycles. The van der Waals surface area contributed by atoms with E-state index in [1.165, 1.54) is 5.56 Å². The van der Waals surface area contributed by atoms with Crippen LogP contribution in [0.2, 0.25) is 0 Å². The van der Waals surface area contributed by atoms with E-state index < -0.39 is 0 Å². The molecular formula is C20H14Br2N2. The van der Waals surface area contributed by atoms with Crippen LogP contribution in [-0.2, 0) is 6.42 Å². The summed E-state index contributed by atoms with van der Waals surface area (Å²) >= 11 is 7.40. The number of hydrogen-bond donors (Lipinski definition) is 0. The van der Waals surface area contributed by atoms with Gasteiger partial charge in [-0.2, -0.15) is 0 Å². The Morgan fingerprint density at radius 2 is 1.42 bits per heavy atom. The summed E-state index contributed by atoms with van der Waals surface area (Å²) in [6.45, 7) is 0. The Morgan fingerprint density at radius 3 is 2.12 bits per heavy atom. The number of hydrogen-bond acceptors (Lipinski definition) is 2. The average molecular weight is 442 g/mol. The fourth-order valence-corrected chi connectivity index (χ4v) is 4.29. The Kier molecular flexibility index (Phi) is 4.25. The molecule has 0 saturated heterocycles. The number of benzene rings is 3. The summed E-state index contributed by atoms with van der Waals surface area (Å²) in [6, 6.07) is 24.8. The third kappa shape index (κ3) is 2.80. The molecule has 0 amide bonds. The number of para-hydroxylation sites is 3. The van der Waals surface area contributed by atoms with Crippen LogP contribution in [0.5, 0.6) is 0 Å². The van der Waals surface area contributed by atoms with Gasteiger partial charge >= 0.3 is 0 Å². The lowest BCUT2D eigenvalue weighted by molar-refractivity contribution is 1.25. The molecule has 0 saturated carbocycles. The van der Waals surface area contributed by atoms with Crippen molar-refractivity contribution in [3.05, 3.63) is 87.3 Å². The first-order chi connectivity index (χ1) is 11.7. The van der Waals surface area contributed by atoms with E-state index in [0.29, 0.717) is 0 Å². The van der Waals surface area contributed by atoms with Gasteiger partial charge in [0.25, 0.3) is 0 Å². The zero-order chi connectivity index (χ0) is 16.5. The van der Waals surface area contributed by atoms with Gasteiger partial charge in [0.1, 0.15) is 5.84 Å². The Bertz CT molecular complexity index is 900. The number of aliphatic imine (C=N–C) groups is 1. The van der Waals surface area contributed by atoms with Crippen molar-refractivity contribution < 1.29 is 0 Å². The van der Waals surface area contributed by atoms with Crippen molar-refractivity contribution in [3.8, 4) is 0 Å². The molecule has 4 rings (SSSR count). The number of amidine groups is 1. The molecule has 0 fully saturated rings. The molecule has 0 aromatic heterocycles. The lowest BCUT2D eigenvalue weighted by Gasteiger charge is -2.27. The third-order valence-electron chi connectivity index (χ3n) is 4.02. The Hall–Kier alpha value is -1.91. The highest BCUT2D eigenvalue weighted by Gasteiger charge is 2.25. The van der Waals surface area contributed by atoms with Crippen molar-refractivity contribution in [3.63, 3.8) is 0 Å². The van der Waals surface area contributed by atoms with E-state index >= 15 is 0 Å². The van der Waals surface area contributed by atoms with Crippen LogP contribution in [0.25, 0.3) is 0 Å². The summed E-state index contributed by atoms with van der Waals surface area (Å²) < 4.78 is 2.05. The van der Waals surface area contributed by atoms with E-state index in [2.05, 4.69) is 91.4 Å². The number of halogens is 2. The molecule has 3 aromatic carbocycles. The van der Waals surface area contributed by atoms with E-state index in [4.69, 9.17) is 4.99 Å². The van der Waals surface area contributed by atoms with Gasteiger partial charge in [0.2, 0.25) is 0 Å². The summed E-state index contributed by atoms with van der Waals surface area (Å²) in [5.74, 6) is 1.02. The highest BCUT2D eigenvalue weighted by molar-refractivity contribution is 9.11. The zero-order valence-electron chi connectivity index (χ0n) is 12.8. The van der Waals surface area contributed by atoms with Crippen LogP contribution in [0.4, 0.5) is 17.1 Å². The van der Waals surface area contributed by atoms with Crippen molar-refractivity contribution in [2.45, 2.75) is 6.42 Å². The molecule has 1 aliphatic rings. The van der Waals surface area contributed by atoms with Crippen LogP contribution in [0, 0.1) is 0 Å². The molecular weight excluding hydrogens is 428 g/mol. The molecule has 3 aromatic rings. The predicted octanol–water partition coefficient (Wildman–Crippen LogP) is 6.64. The van der Waals surface area contributed by atoms with Crippen molar-refractivity contribution in [2.24, 2.45) is 4.99 Å². The maximum absolute atomic E-state index is 4.89. The van der Waals surface area contributed by atoms with Crippen LogP contribution >= 0.6 is 31.9 Å². The van der Waals surface area contributed by atoms with E-state index in [1.54, 1.807) is 0 Å². The lowest BCUT2D eigenvalue weighted by atomic mass is 10.1. The molecule has 0 unspecified atom stereocenters. The molecule has 24 heavy (non-hydrogen) atoms. The van der Waals surface area contributed by atoms with Gasteiger partial charge in [-0.15, -0.1) is 0 Å². The van der Waals surface area contributed by atoms with E-state index in [0.717, 1.165) is 38.3 Å². The van der Waals surface area contributed by atoms with Crippen LogP contribution in [-0.4, -0.2) is 5.84 Å². The summed E-state index contributed by atoms with van der Waals surface area (Å²) in [5.41, 5.74) is 4.47. The van der Waals surface area contributed by atoms with Crippen molar-refractivity contribution >= 4 is 54.8 Å². The molecule has 2 nitrogen and oxygen atoms in total. The van der Waals surface area contributed by atoms with Crippen LogP contribution in [0.3, 0.4) is 0 Å². The van der Waals surface area contributed by atoms with Gasteiger partial charge in [-0.25, -0.2) is 4.99 Å². The third-order valence-corrected chi connectivity index (χ3v) is 5.30. The number of rotatable bonds is 2. The summed E-state index contributed by atoms with van der Waals surface area (Å²) in [6.07, 6.45) is 0.818. The van der Waals surface area contributed by atoms with Gasteiger partial charge in [0, 0.05) is 21.1 Å². The first kappa shape index (κ1) is 15.6. The molecule has 0 atom stereocenters. The number of anilines is 2. The molecule has 118 valence electrons. The largest absolute Gasteiger partial charge is 0.296 e. The summed E-state index contributed by atoms with van der Waals surface area (Å²) in [7, 11) is 0. The summed E-state index contributed by atoms with van der Waals surface area (Å²) in [5, 5.41) is 0.